The van der Waals surface area contributed by atoms with Crippen LogP contribution in [0.3, 0.4) is 0 Å². The van der Waals surface area contributed by atoms with Crippen molar-refractivity contribution in [2.24, 2.45) is 5.92 Å². The van der Waals surface area contributed by atoms with Crippen LogP contribution < -0.4 is 20.4 Å². The minimum Gasteiger partial charge on any atom is -0.493 e. The van der Waals surface area contributed by atoms with Crippen molar-refractivity contribution in [2.75, 3.05) is 6.61 Å². The first-order valence-corrected chi connectivity index (χ1v) is 14.5. The van der Waals surface area contributed by atoms with Crippen molar-refractivity contribution in [1.82, 2.24) is 24.4 Å². The summed E-state index contributed by atoms with van der Waals surface area (Å²) in [5, 5.41) is 9.29. The molecule has 0 aliphatic rings. The van der Waals surface area contributed by atoms with Gasteiger partial charge in [0.1, 0.15) is 17.1 Å². The zero-order valence-corrected chi connectivity index (χ0v) is 24.3. The maximum atomic E-state index is 13.5. The predicted molar refractivity (Wildman–Crippen MR) is 166 cm³/mol. The molecule has 6 aromatic rings. The Kier molecular flexibility index (Phi) is 7.50. The van der Waals surface area contributed by atoms with Crippen molar-refractivity contribution in [2.45, 2.75) is 27.2 Å². The van der Waals surface area contributed by atoms with Crippen molar-refractivity contribution in [3.05, 3.63) is 133 Å². The van der Waals surface area contributed by atoms with Crippen molar-refractivity contribution in [3.63, 3.8) is 0 Å². The highest BCUT2D eigenvalue weighted by atomic mass is 32.1. The van der Waals surface area contributed by atoms with Crippen LogP contribution in [0.1, 0.15) is 36.2 Å². The largest absolute Gasteiger partial charge is 0.493 e. The van der Waals surface area contributed by atoms with Gasteiger partial charge in [0, 0.05) is 23.7 Å². The summed E-state index contributed by atoms with van der Waals surface area (Å²) in [4.78, 5) is 30.7. The number of aromatic nitrogens is 5. The van der Waals surface area contributed by atoms with Gasteiger partial charge in [0.2, 0.25) is 4.96 Å². The highest BCUT2D eigenvalue weighted by Crippen LogP contribution is 2.26. The molecule has 0 N–H and O–H groups in total. The van der Waals surface area contributed by atoms with Crippen molar-refractivity contribution >= 4 is 22.4 Å². The molecule has 0 fully saturated rings. The smallest absolute Gasteiger partial charge is 0.296 e. The van der Waals surface area contributed by atoms with E-state index in [1.807, 2.05) is 92.0 Å². The van der Waals surface area contributed by atoms with Crippen molar-refractivity contribution < 1.29 is 4.74 Å². The Bertz CT molecular complexity index is 2030. The molecule has 0 aliphatic heterocycles. The molecule has 0 radical (unpaired) electrons. The molecular formula is C33H29N5O3S. The van der Waals surface area contributed by atoms with Gasteiger partial charge in [-0.15, -0.1) is 0 Å². The van der Waals surface area contributed by atoms with Gasteiger partial charge in [-0.05, 0) is 60.9 Å². The zero-order chi connectivity index (χ0) is 29.2. The van der Waals surface area contributed by atoms with E-state index in [4.69, 9.17) is 9.84 Å². The first-order chi connectivity index (χ1) is 20.3. The average molecular weight is 576 g/mol. The van der Waals surface area contributed by atoms with Crippen LogP contribution in [-0.2, 0) is 6.42 Å². The fourth-order valence-corrected chi connectivity index (χ4v) is 5.39. The van der Waals surface area contributed by atoms with Gasteiger partial charge in [-0.2, -0.15) is 19.7 Å². The summed E-state index contributed by atoms with van der Waals surface area (Å²) in [6.07, 6.45) is 3.98. The highest BCUT2D eigenvalue weighted by Gasteiger charge is 2.15. The van der Waals surface area contributed by atoms with Gasteiger partial charge in [0.15, 0.2) is 0 Å². The van der Waals surface area contributed by atoms with Crippen molar-refractivity contribution in [1.29, 1.82) is 0 Å². The van der Waals surface area contributed by atoms with Crippen LogP contribution in [0.15, 0.2) is 94.6 Å². The van der Waals surface area contributed by atoms with Gasteiger partial charge in [0.25, 0.3) is 11.1 Å². The number of nitrogens with zero attached hydrogens (tertiary/aromatic N) is 5. The monoisotopic (exact) mass is 575 g/mol. The molecule has 8 nitrogen and oxygen atoms in total. The predicted octanol–water partition coefficient (Wildman–Crippen LogP) is 4.85. The van der Waals surface area contributed by atoms with Gasteiger partial charge in [0.05, 0.1) is 16.8 Å². The van der Waals surface area contributed by atoms with Crippen LogP contribution in [-0.4, -0.2) is 31.0 Å². The Balaban J connectivity index is 1.42. The molecule has 0 atom stereocenters. The number of fused-ring (bicyclic) bond motifs is 1. The molecule has 0 bridgehead atoms. The van der Waals surface area contributed by atoms with E-state index in [2.05, 4.69) is 23.9 Å². The summed E-state index contributed by atoms with van der Waals surface area (Å²) >= 11 is 1.13. The quantitative estimate of drug-likeness (QED) is 0.258. The first-order valence-electron chi connectivity index (χ1n) is 13.7. The lowest BCUT2D eigenvalue weighted by molar-refractivity contribution is 0.271. The SMILES string of the molecule is Cc1ccc(Cc2nn3c(=O)c(=Cc4cn(-c5ccccc5)nc4-c4ccc(OCC(C)C)cc4)sc3nc2=O)cc1. The second kappa shape index (κ2) is 11.5. The number of ether oxygens (including phenoxy) is 1. The molecule has 0 saturated carbocycles. The van der Waals surface area contributed by atoms with Crippen LogP contribution in [0.2, 0.25) is 0 Å². The first kappa shape index (κ1) is 27.3. The number of hydrogen-bond donors (Lipinski definition) is 0. The molecule has 3 aromatic carbocycles. The van der Waals surface area contributed by atoms with Gasteiger partial charge < -0.3 is 4.74 Å². The average Bonchev–Trinajstić information content (AvgIpc) is 3.55. The van der Waals surface area contributed by atoms with Gasteiger partial charge >= 0.3 is 0 Å². The lowest BCUT2D eigenvalue weighted by atomic mass is 10.1. The molecule has 9 heteroatoms. The number of rotatable bonds is 8. The third-order valence-corrected chi connectivity index (χ3v) is 7.66. The van der Waals surface area contributed by atoms with Gasteiger partial charge in [-0.3, -0.25) is 9.59 Å². The van der Waals surface area contributed by atoms with Crippen LogP contribution in [0.4, 0.5) is 0 Å². The number of hydrogen-bond acceptors (Lipinski definition) is 7. The van der Waals surface area contributed by atoms with Gasteiger partial charge in [-0.25, -0.2) is 4.68 Å². The Morgan fingerprint density at radius 1 is 0.929 bits per heavy atom. The summed E-state index contributed by atoms with van der Waals surface area (Å²) in [6.45, 7) is 6.86. The summed E-state index contributed by atoms with van der Waals surface area (Å²) < 4.78 is 9.28. The minimum atomic E-state index is -0.430. The molecule has 6 rings (SSSR count). The maximum absolute atomic E-state index is 13.5. The summed E-state index contributed by atoms with van der Waals surface area (Å²) in [5.41, 5.74) is 4.76. The molecular weight excluding hydrogens is 546 g/mol. The molecule has 0 aliphatic carbocycles. The molecule has 3 aromatic heterocycles. The van der Waals surface area contributed by atoms with E-state index in [-0.39, 0.29) is 16.2 Å². The molecule has 0 unspecified atom stereocenters. The highest BCUT2D eigenvalue weighted by molar-refractivity contribution is 7.15. The van der Waals surface area contributed by atoms with E-state index in [1.54, 1.807) is 10.8 Å². The van der Waals surface area contributed by atoms with E-state index in [1.165, 1.54) is 4.52 Å². The number of thiazole rings is 1. The van der Waals surface area contributed by atoms with Crippen molar-refractivity contribution in [3.8, 4) is 22.7 Å². The molecule has 3 heterocycles. The lowest BCUT2D eigenvalue weighted by Gasteiger charge is -2.09. The summed E-state index contributed by atoms with van der Waals surface area (Å²) in [6, 6.07) is 25.4. The Morgan fingerprint density at radius 3 is 2.38 bits per heavy atom. The van der Waals surface area contributed by atoms with Crippen LogP contribution >= 0.6 is 11.3 Å². The fourth-order valence-electron chi connectivity index (χ4n) is 4.49. The minimum absolute atomic E-state index is 0.232. The van der Waals surface area contributed by atoms with E-state index >= 15 is 0 Å². The fraction of sp³-hybridized carbons (Fsp3) is 0.182. The third-order valence-electron chi connectivity index (χ3n) is 6.70. The topological polar surface area (TPSA) is 91.4 Å². The summed E-state index contributed by atoms with van der Waals surface area (Å²) in [5.74, 6) is 1.21. The number of benzene rings is 3. The van der Waals surface area contributed by atoms with Gasteiger partial charge in [-0.1, -0.05) is 73.2 Å². The Morgan fingerprint density at radius 2 is 1.67 bits per heavy atom. The number of aryl methyl sites for hydroxylation is 1. The molecule has 42 heavy (non-hydrogen) atoms. The second-order valence-electron chi connectivity index (χ2n) is 10.6. The third kappa shape index (κ3) is 5.77. The molecule has 0 amide bonds. The second-order valence-corrected chi connectivity index (χ2v) is 11.6. The van der Waals surface area contributed by atoms with E-state index in [9.17, 15) is 9.59 Å². The lowest BCUT2D eigenvalue weighted by Crippen LogP contribution is -2.28. The molecule has 0 saturated heterocycles. The standard InChI is InChI=1S/C33H29N5O3S/c1-21(2)20-41-27-15-13-24(14-16-27)30-25(19-37(36-30)26-7-5-4-6-8-26)18-29-32(40)38-33(42-29)34-31(39)28(35-38)17-23-11-9-22(3)10-12-23/h4-16,18-19,21H,17,20H2,1-3H3. The summed E-state index contributed by atoms with van der Waals surface area (Å²) in [7, 11) is 0. The molecule has 210 valence electrons. The van der Waals surface area contributed by atoms with E-state index in [0.717, 1.165) is 45.0 Å². The van der Waals surface area contributed by atoms with E-state index in [0.29, 0.717) is 29.2 Å². The van der Waals surface area contributed by atoms with Crippen LogP contribution in [0, 0.1) is 12.8 Å². The normalized spacial score (nSPS) is 12.0. The van der Waals surface area contributed by atoms with Crippen LogP contribution in [0.25, 0.3) is 28.0 Å². The Labute approximate surface area is 246 Å². The number of para-hydroxylation sites is 1. The van der Waals surface area contributed by atoms with Crippen LogP contribution in [0.5, 0.6) is 5.75 Å². The zero-order valence-electron chi connectivity index (χ0n) is 23.5. The Hall–Kier alpha value is -4.89. The maximum Gasteiger partial charge on any atom is 0.296 e. The van der Waals surface area contributed by atoms with E-state index < -0.39 is 5.56 Å². The molecule has 0 spiro atoms.